The molecule has 2 aromatic carbocycles. The molecule has 0 atom stereocenters. The second-order valence-corrected chi connectivity index (χ2v) is 5.11. The standard InChI is InChI=1S/C18H16N4O2/c23-17(12-20-18(24)14-4-2-1-3-5-14)21-15-6-8-16(9-7-15)22-11-10-19-13-22/h1-11,13H,12H2,(H,20,24)(H,21,23). The van der Waals surface area contributed by atoms with E-state index in [1.165, 1.54) is 0 Å². The van der Waals surface area contributed by atoms with Crippen LogP contribution >= 0.6 is 0 Å². The van der Waals surface area contributed by atoms with Gasteiger partial charge in [-0.05, 0) is 36.4 Å². The second-order valence-electron chi connectivity index (χ2n) is 5.11. The largest absolute Gasteiger partial charge is 0.343 e. The number of hydrogen-bond acceptors (Lipinski definition) is 3. The Morgan fingerprint density at radius 3 is 2.42 bits per heavy atom. The van der Waals surface area contributed by atoms with Gasteiger partial charge in [-0.15, -0.1) is 0 Å². The van der Waals surface area contributed by atoms with E-state index in [-0.39, 0.29) is 18.4 Å². The molecule has 120 valence electrons. The smallest absolute Gasteiger partial charge is 0.251 e. The number of nitrogens with one attached hydrogen (secondary N) is 2. The Balaban J connectivity index is 1.52. The van der Waals surface area contributed by atoms with Crippen LogP contribution in [0.3, 0.4) is 0 Å². The fourth-order valence-electron chi connectivity index (χ4n) is 2.19. The Bertz CT molecular complexity index is 812. The van der Waals surface area contributed by atoms with Gasteiger partial charge in [0.1, 0.15) is 0 Å². The van der Waals surface area contributed by atoms with Crippen LogP contribution in [0.25, 0.3) is 5.69 Å². The van der Waals surface area contributed by atoms with Crippen LogP contribution in [0.4, 0.5) is 5.69 Å². The van der Waals surface area contributed by atoms with Gasteiger partial charge >= 0.3 is 0 Å². The van der Waals surface area contributed by atoms with E-state index in [0.717, 1.165) is 5.69 Å². The Kier molecular flexibility index (Phi) is 4.67. The highest BCUT2D eigenvalue weighted by atomic mass is 16.2. The number of hydrogen-bond donors (Lipinski definition) is 2. The quantitative estimate of drug-likeness (QED) is 0.757. The Morgan fingerprint density at radius 2 is 1.75 bits per heavy atom. The molecular weight excluding hydrogens is 304 g/mol. The van der Waals surface area contributed by atoms with Crippen molar-refractivity contribution in [3.05, 3.63) is 78.9 Å². The predicted molar refractivity (Wildman–Crippen MR) is 91.0 cm³/mol. The summed E-state index contributed by atoms with van der Waals surface area (Å²) in [6, 6.07) is 16.1. The molecule has 0 bridgehead atoms. The van der Waals surface area contributed by atoms with Gasteiger partial charge in [-0.3, -0.25) is 9.59 Å². The van der Waals surface area contributed by atoms with Crippen LogP contribution in [-0.2, 0) is 4.79 Å². The van der Waals surface area contributed by atoms with Gasteiger partial charge in [0.25, 0.3) is 5.91 Å². The minimum absolute atomic E-state index is 0.0863. The predicted octanol–water partition coefficient (Wildman–Crippen LogP) is 2.24. The normalized spacial score (nSPS) is 10.2. The topological polar surface area (TPSA) is 76.0 Å². The average molecular weight is 320 g/mol. The lowest BCUT2D eigenvalue weighted by Crippen LogP contribution is -2.32. The lowest BCUT2D eigenvalue weighted by Gasteiger charge is -2.08. The van der Waals surface area contributed by atoms with Gasteiger partial charge in [0, 0.05) is 29.3 Å². The van der Waals surface area contributed by atoms with Crippen LogP contribution < -0.4 is 10.6 Å². The van der Waals surface area contributed by atoms with Gasteiger partial charge in [0.05, 0.1) is 12.9 Å². The fraction of sp³-hybridized carbons (Fsp3) is 0.0556. The summed E-state index contributed by atoms with van der Waals surface area (Å²) >= 11 is 0. The van der Waals surface area contributed by atoms with E-state index >= 15 is 0 Å². The third kappa shape index (κ3) is 3.86. The van der Waals surface area contributed by atoms with Crippen molar-refractivity contribution in [1.82, 2.24) is 14.9 Å². The van der Waals surface area contributed by atoms with E-state index < -0.39 is 0 Å². The molecule has 6 heteroatoms. The van der Waals surface area contributed by atoms with Crippen molar-refractivity contribution in [3.8, 4) is 5.69 Å². The summed E-state index contributed by atoms with van der Waals surface area (Å²) in [5.74, 6) is -0.559. The van der Waals surface area contributed by atoms with Gasteiger partial charge in [-0.2, -0.15) is 0 Å². The molecule has 3 rings (SSSR count). The van der Waals surface area contributed by atoms with Crippen molar-refractivity contribution in [2.45, 2.75) is 0 Å². The first-order valence-corrected chi connectivity index (χ1v) is 7.44. The number of nitrogens with zero attached hydrogens (tertiary/aromatic N) is 2. The summed E-state index contributed by atoms with van der Waals surface area (Å²) in [5.41, 5.74) is 2.13. The number of benzene rings is 2. The zero-order chi connectivity index (χ0) is 16.8. The van der Waals surface area contributed by atoms with Crippen LogP contribution in [0.15, 0.2) is 73.3 Å². The molecule has 0 aliphatic rings. The van der Waals surface area contributed by atoms with Crippen LogP contribution in [-0.4, -0.2) is 27.9 Å². The molecule has 24 heavy (non-hydrogen) atoms. The lowest BCUT2D eigenvalue weighted by atomic mass is 10.2. The molecule has 6 nitrogen and oxygen atoms in total. The molecule has 2 N–H and O–H groups in total. The molecule has 0 radical (unpaired) electrons. The number of imidazole rings is 1. The van der Waals surface area contributed by atoms with Gasteiger partial charge in [0.2, 0.25) is 5.91 Å². The molecule has 3 aromatic rings. The molecule has 0 fully saturated rings. The van der Waals surface area contributed by atoms with E-state index in [0.29, 0.717) is 11.3 Å². The lowest BCUT2D eigenvalue weighted by molar-refractivity contribution is -0.115. The molecule has 0 spiro atoms. The van der Waals surface area contributed by atoms with Crippen molar-refractivity contribution in [1.29, 1.82) is 0 Å². The van der Waals surface area contributed by atoms with Crippen LogP contribution in [0.2, 0.25) is 0 Å². The van der Waals surface area contributed by atoms with E-state index in [4.69, 9.17) is 0 Å². The Morgan fingerprint density at radius 1 is 1.00 bits per heavy atom. The van der Waals surface area contributed by atoms with Gasteiger partial charge in [-0.25, -0.2) is 4.98 Å². The van der Waals surface area contributed by atoms with Crippen molar-refractivity contribution < 1.29 is 9.59 Å². The highest BCUT2D eigenvalue weighted by Crippen LogP contribution is 2.12. The summed E-state index contributed by atoms with van der Waals surface area (Å²) in [6.45, 7) is -0.0863. The summed E-state index contributed by atoms with van der Waals surface area (Å²) in [5, 5.41) is 5.33. The van der Waals surface area contributed by atoms with E-state index in [2.05, 4.69) is 15.6 Å². The molecule has 0 aliphatic carbocycles. The van der Waals surface area contributed by atoms with Crippen molar-refractivity contribution in [2.24, 2.45) is 0 Å². The highest BCUT2D eigenvalue weighted by Gasteiger charge is 2.07. The molecular formula is C18H16N4O2. The number of aromatic nitrogens is 2. The van der Waals surface area contributed by atoms with Crippen LogP contribution in [0.1, 0.15) is 10.4 Å². The molecule has 1 aromatic heterocycles. The minimum atomic E-state index is -0.283. The Hall–Kier alpha value is -3.41. The summed E-state index contributed by atoms with van der Waals surface area (Å²) in [4.78, 5) is 27.8. The third-order valence-corrected chi connectivity index (χ3v) is 3.40. The molecule has 0 unspecified atom stereocenters. The molecule has 0 aliphatic heterocycles. The first-order valence-electron chi connectivity index (χ1n) is 7.44. The zero-order valence-electron chi connectivity index (χ0n) is 12.8. The first kappa shape index (κ1) is 15.5. The number of amides is 2. The maximum absolute atomic E-state index is 11.9. The van der Waals surface area contributed by atoms with Gasteiger partial charge in [0.15, 0.2) is 0 Å². The zero-order valence-corrected chi connectivity index (χ0v) is 12.8. The summed E-state index contributed by atoms with van der Waals surface area (Å²) in [7, 11) is 0. The second kappa shape index (κ2) is 7.23. The number of anilines is 1. The Labute approximate surface area is 139 Å². The SMILES string of the molecule is O=C(CNC(=O)c1ccccc1)Nc1ccc(-n2ccnc2)cc1. The van der Waals surface area contributed by atoms with Gasteiger partial charge in [-0.1, -0.05) is 18.2 Å². The molecule has 0 saturated heterocycles. The molecule has 2 amide bonds. The maximum atomic E-state index is 11.9. The fourth-order valence-corrected chi connectivity index (χ4v) is 2.19. The molecule has 1 heterocycles. The number of carbonyl (C=O) groups excluding carboxylic acids is 2. The first-order chi connectivity index (χ1) is 11.7. The average Bonchev–Trinajstić information content (AvgIpc) is 3.16. The van der Waals surface area contributed by atoms with Crippen molar-refractivity contribution in [2.75, 3.05) is 11.9 Å². The van der Waals surface area contributed by atoms with Crippen LogP contribution in [0, 0.1) is 0 Å². The summed E-state index contributed by atoms with van der Waals surface area (Å²) < 4.78 is 1.87. The van der Waals surface area contributed by atoms with Crippen LogP contribution in [0.5, 0.6) is 0 Å². The van der Waals surface area contributed by atoms with Crippen molar-refractivity contribution >= 4 is 17.5 Å². The van der Waals surface area contributed by atoms with E-state index in [9.17, 15) is 9.59 Å². The molecule has 0 saturated carbocycles. The monoisotopic (exact) mass is 320 g/mol. The maximum Gasteiger partial charge on any atom is 0.251 e. The van der Waals surface area contributed by atoms with Crippen molar-refractivity contribution in [3.63, 3.8) is 0 Å². The third-order valence-electron chi connectivity index (χ3n) is 3.40. The number of rotatable bonds is 5. The van der Waals surface area contributed by atoms with E-state index in [1.54, 1.807) is 48.9 Å². The number of carbonyl (C=O) groups is 2. The highest BCUT2D eigenvalue weighted by molar-refractivity contribution is 5.99. The van der Waals surface area contributed by atoms with Gasteiger partial charge < -0.3 is 15.2 Å². The minimum Gasteiger partial charge on any atom is -0.343 e. The van der Waals surface area contributed by atoms with E-state index in [1.807, 2.05) is 29.0 Å². The summed E-state index contributed by atoms with van der Waals surface area (Å²) in [6.07, 6.45) is 5.24.